The molecule has 2 aromatic carbocycles. The monoisotopic (exact) mass is 794 g/mol. The molecule has 15 heteroatoms. The van der Waals surface area contributed by atoms with Gasteiger partial charge in [-0.3, -0.25) is 0 Å². The van der Waals surface area contributed by atoms with Crippen molar-refractivity contribution in [2.75, 3.05) is 79.3 Å². The van der Waals surface area contributed by atoms with Gasteiger partial charge in [0, 0.05) is 13.2 Å². The van der Waals surface area contributed by atoms with Crippen LogP contribution in [0, 0.1) is 0 Å². The number of carbonyl (C=O) groups is 2. The summed E-state index contributed by atoms with van der Waals surface area (Å²) >= 11 is 1.13. The van der Waals surface area contributed by atoms with Crippen LogP contribution in [-0.2, 0) is 19.1 Å². The van der Waals surface area contributed by atoms with Crippen molar-refractivity contribution in [2.45, 2.75) is 79.0 Å². The van der Waals surface area contributed by atoms with Crippen LogP contribution in [0.5, 0.6) is 57.5 Å². The second-order valence-electron chi connectivity index (χ2n) is 10.8. The van der Waals surface area contributed by atoms with Gasteiger partial charge in [0.1, 0.15) is 9.79 Å². The van der Waals surface area contributed by atoms with Crippen LogP contribution >= 0.6 is 11.8 Å². The zero-order valence-electron chi connectivity index (χ0n) is 34.0. The third-order valence-corrected chi connectivity index (χ3v) is 8.07. The Kier molecular flexibility index (Phi) is 21.1. The molecule has 0 bridgehead atoms. The van der Waals surface area contributed by atoms with Crippen LogP contribution in [0.4, 0.5) is 0 Å². The second kappa shape index (κ2) is 24.8. The maximum Gasteiger partial charge on any atom is 0.341 e. The van der Waals surface area contributed by atoms with Crippen LogP contribution in [0.15, 0.2) is 34.1 Å². The number of hydrogen-bond acceptors (Lipinski definition) is 15. The fraction of sp³-hybridized carbons (Fsp3) is 0.550. The first-order valence-electron chi connectivity index (χ1n) is 18.7. The zero-order chi connectivity index (χ0) is 40.9. The van der Waals surface area contributed by atoms with Crippen molar-refractivity contribution < 1.29 is 66.4 Å². The minimum Gasteiger partial charge on any atom is -0.489 e. The van der Waals surface area contributed by atoms with Gasteiger partial charge in [-0.05, 0) is 69.2 Å². The highest BCUT2D eigenvalue weighted by Gasteiger charge is 2.37. The molecule has 0 heterocycles. The number of carbonyl (C=O) groups excluding carboxylic acids is 2. The first kappa shape index (κ1) is 46.7. The molecule has 0 N–H and O–H groups in total. The summed E-state index contributed by atoms with van der Waals surface area (Å²) in [5, 5.41) is 0. The lowest BCUT2D eigenvalue weighted by molar-refractivity contribution is -0.131. The average Bonchev–Trinajstić information content (AvgIpc) is 3.17. The molecule has 308 valence electrons. The molecule has 0 saturated carbocycles. The van der Waals surface area contributed by atoms with Crippen LogP contribution in [0.2, 0.25) is 0 Å². The molecular formula is C40H58O14S. The van der Waals surface area contributed by atoms with Gasteiger partial charge in [0.15, 0.2) is 23.0 Å². The predicted molar refractivity (Wildman–Crippen MR) is 209 cm³/mol. The molecule has 0 spiro atoms. The van der Waals surface area contributed by atoms with Crippen molar-refractivity contribution in [1.29, 1.82) is 0 Å². The van der Waals surface area contributed by atoms with Gasteiger partial charge in [-0.15, -0.1) is 0 Å². The quantitative estimate of drug-likeness (QED) is 0.0465. The number of benzene rings is 2. The predicted octanol–water partition coefficient (Wildman–Crippen LogP) is 8.02. The fourth-order valence-electron chi connectivity index (χ4n) is 4.81. The van der Waals surface area contributed by atoms with E-state index in [1.165, 1.54) is 0 Å². The minimum absolute atomic E-state index is 0.0372. The van der Waals surface area contributed by atoms with E-state index in [4.69, 9.17) is 56.8 Å². The Morgan fingerprint density at radius 3 is 0.836 bits per heavy atom. The van der Waals surface area contributed by atoms with Gasteiger partial charge in [-0.2, -0.15) is 0 Å². The zero-order valence-corrected chi connectivity index (χ0v) is 34.8. The third-order valence-electron chi connectivity index (χ3n) is 6.92. The summed E-state index contributed by atoms with van der Waals surface area (Å²) in [5.41, 5.74) is 0.163. The maximum absolute atomic E-state index is 13.4. The van der Waals surface area contributed by atoms with Crippen molar-refractivity contribution in [1.82, 2.24) is 0 Å². The molecule has 0 saturated heterocycles. The van der Waals surface area contributed by atoms with Crippen molar-refractivity contribution in [3.8, 4) is 57.5 Å². The Labute approximate surface area is 329 Å². The summed E-state index contributed by atoms with van der Waals surface area (Å²) in [6.07, 6.45) is 0. The second-order valence-corrected chi connectivity index (χ2v) is 11.8. The Bertz CT molecular complexity index is 1400. The van der Waals surface area contributed by atoms with Crippen LogP contribution in [0.25, 0.3) is 0 Å². The highest BCUT2D eigenvalue weighted by molar-refractivity contribution is 7.99. The highest BCUT2D eigenvalue weighted by Crippen LogP contribution is 2.64. The van der Waals surface area contributed by atoms with Crippen molar-refractivity contribution >= 4 is 23.7 Å². The molecule has 0 aliphatic rings. The summed E-state index contributed by atoms with van der Waals surface area (Å²) in [7, 11) is 0. The number of ether oxygens (including phenoxy) is 12. The molecule has 0 radical (unpaired) electrons. The Morgan fingerprint density at radius 1 is 0.382 bits per heavy atom. The SMILES string of the molecule is C=C(COCC)C(=O)Oc1c(OCC)c(OCC)c(Sc2c(OCC)c(OCC)c(OC(=O)C(=C)COCC)c(OCC)c2OCC)c(OCC)c1OCC. The van der Waals surface area contributed by atoms with E-state index < -0.39 is 11.9 Å². The van der Waals surface area contributed by atoms with E-state index in [0.717, 1.165) is 11.8 Å². The van der Waals surface area contributed by atoms with Crippen LogP contribution in [-0.4, -0.2) is 91.2 Å². The van der Waals surface area contributed by atoms with Gasteiger partial charge in [-0.1, -0.05) is 24.9 Å². The highest BCUT2D eigenvalue weighted by atomic mass is 32.2. The smallest absolute Gasteiger partial charge is 0.341 e. The standard InChI is InChI=1S/C40H58O14S/c1-13-43-23-25(11)39(41)53-31-27(45-15-3)33(49-19-7)37(34(50-20-8)28(31)46-16-4)55-38-35(51-21-9)29(47-17-5)32(30(48-18-6)36(38)52-22-10)54-40(42)26(12)24-44-14-2/h11-24H2,1-10H3. The lowest BCUT2D eigenvalue weighted by Gasteiger charge is -2.27. The minimum atomic E-state index is -0.755. The van der Waals surface area contributed by atoms with Gasteiger partial charge in [0.05, 0.1) is 77.2 Å². The normalized spacial score (nSPS) is 10.7. The fourth-order valence-corrected chi connectivity index (χ4v) is 5.99. The summed E-state index contributed by atoms with van der Waals surface area (Å²) < 4.78 is 72.6. The first-order chi connectivity index (χ1) is 26.6. The molecule has 0 fully saturated rings. The van der Waals surface area contributed by atoms with Gasteiger partial charge < -0.3 is 56.8 Å². The number of esters is 2. The molecule has 14 nitrogen and oxygen atoms in total. The molecule has 55 heavy (non-hydrogen) atoms. The molecule has 2 rings (SSSR count). The van der Waals surface area contributed by atoms with Crippen LogP contribution < -0.4 is 47.4 Å². The molecule has 0 aliphatic carbocycles. The molecular weight excluding hydrogens is 736 g/mol. The number of hydrogen-bond donors (Lipinski definition) is 0. The van der Waals surface area contributed by atoms with E-state index in [9.17, 15) is 9.59 Å². The van der Waals surface area contributed by atoms with Crippen molar-refractivity contribution in [2.24, 2.45) is 0 Å². The molecule has 0 aromatic heterocycles. The van der Waals surface area contributed by atoms with Gasteiger partial charge in [0.25, 0.3) is 0 Å². The topological polar surface area (TPSA) is 145 Å². The Balaban J connectivity index is 3.19. The Hall–Kier alpha value is -4.47. The van der Waals surface area contributed by atoms with Gasteiger partial charge in [0.2, 0.25) is 34.5 Å². The van der Waals surface area contributed by atoms with E-state index >= 15 is 0 Å². The summed E-state index contributed by atoms with van der Waals surface area (Å²) in [6, 6.07) is 0. The Morgan fingerprint density at radius 2 is 0.618 bits per heavy atom. The van der Waals surface area contributed by atoms with Crippen LogP contribution in [0.1, 0.15) is 69.2 Å². The van der Waals surface area contributed by atoms with Crippen molar-refractivity contribution in [3.63, 3.8) is 0 Å². The summed E-state index contributed by atoms with van der Waals surface area (Å²) in [5.74, 6) is -0.557. The average molecular weight is 795 g/mol. The molecule has 0 unspecified atom stereocenters. The van der Waals surface area contributed by atoms with E-state index in [1.54, 1.807) is 55.4 Å². The van der Waals surface area contributed by atoms with Crippen molar-refractivity contribution in [3.05, 3.63) is 24.3 Å². The van der Waals surface area contributed by atoms with Crippen LogP contribution in [0.3, 0.4) is 0 Å². The molecule has 0 amide bonds. The van der Waals surface area contributed by atoms with E-state index in [1.807, 2.05) is 13.8 Å². The summed E-state index contributed by atoms with van der Waals surface area (Å²) in [4.78, 5) is 27.5. The lowest BCUT2D eigenvalue weighted by Crippen LogP contribution is -2.17. The van der Waals surface area contributed by atoms with E-state index in [-0.39, 0.29) is 135 Å². The van der Waals surface area contributed by atoms with Gasteiger partial charge >= 0.3 is 11.9 Å². The molecule has 0 aliphatic heterocycles. The molecule has 2 aromatic rings. The lowest BCUT2D eigenvalue weighted by atomic mass is 10.2. The third kappa shape index (κ3) is 12.3. The largest absolute Gasteiger partial charge is 0.489 e. The maximum atomic E-state index is 13.4. The van der Waals surface area contributed by atoms with E-state index in [0.29, 0.717) is 23.0 Å². The molecule has 0 atom stereocenters. The van der Waals surface area contributed by atoms with Gasteiger partial charge in [-0.25, -0.2) is 9.59 Å². The summed E-state index contributed by atoms with van der Waals surface area (Å²) in [6.45, 7) is 27.7. The van der Waals surface area contributed by atoms with E-state index in [2.05, 4.69) is 13.2 Å². The number of rotatable bonds is 28. The first-order valence-corrected chi connectivity index (χ1v) is 19.5.